The number of amides is 2. The third-order valence-corrected chi connectivity index (χ3v) is 6.30. The van der Waals surface area contributed by atoms with Crippen molar-refractivity contribution in [2.24, 2.45) is 0 Å². The minimum absolute atomic E-state index is 0.200. The second-order valence-electron chi connectivity index (χ2n) is 7.44. The van der Waals surface area contributed by atoms with Gasteiger partial charge in [0.25, 0.3) is 5.91 Å². The Morgan fingerprint density at radius 1 is 1.13 bits per heavy atom. The SMILES string of the molecule is CC[C@H](C(=O)NC)N(Cc1ccc(Cl)c(Cl)c1)C(=O)COc1ccc(C(C)C)cc1Br. The molecule has 2 amide bonds. The molecule has 0 heterocycles. The number of carbonyl (C=O) groups excluding carboxylic acids is 2. The number of rotatable bonds is 9. The molecule has 0 saturated carbocycles. The van der Waals surface area contributed by atoms with E-state index < -0.39 is 6.04 Å². The van der Waals surface area contributed by atoms with Crippen molar-refractivity contribution < 1.29 is 14.3 Å². The summed E-state index contributed by atoms with van der Waals surface area (Å²) < 4.78 is 6.56. The predicted molar refractivity (Wildman–Crippen MR) is 129 cm³/mol. The Balaban J connectivity index is 2.22. The third-order valence-electron chi connectivity index (χ3n) is 4.94. The Morgan fingerprint density at radius 2 is 1.84 bits per heavy atom. The molecule has 0 spiro atoms. The summed E-state index contributed by atoms with van der Waals surface area (Å²) in [5, 5.41) is 3.45. The van der Waals surface area contributed by atoms with E-state index >= 15 is 0 Å². The average Bonchev–Trinajstić information content (AvgIpc) is 2.74. The van der Waals surface area contributed by atoms with E-state index in [1.165, 1.54) is 4.90 Å². The van der Waals surface area contributed by atoms with Gasteiger partial charge in [0, 0.05) is 13.6 Å². The van der Waals surface area contributed by atoms with E-state index in [-0.39, 0.29) is 25.0 Å². The van der Waals surface area contributed by atoms with Gasteiger partial charge in [-0.1, -0.05) is 56.1 Å². The van der Waals surface area contributed by atoms with Crippen LogP contribution in [0.25, 0.3) is 0 Å². The van der Waals surface area contributed by atoms with Gasteiger partial charge in [0.15, 0.2) is 6.61 Å². The van der Waals surface area contributed by atoms with E-state index in [4.69, 9.17) is 27.9 Å². The van der Waals surface area contributed by atoms with Crippen LogP contribution in [-0.2, 0) is 16.1 Å². The first-order chi connectivity index (χ1) is 14.7. The number of halogens is 3. The molecule has 0 saturated heterocycles. The van der Waals surface area contributed by atoms with E-state index in [2.05, 4.69) is 35.1 Å². The van der Waals surface area contributed by atoms with Gasteiger partial charge in [-0.05, 0) is 63.7 Å². The fourth-order valence-corrected chi connectivity index (χ4v) is 3.97. The zero-order valence-electron chi connectivity index (χ0n) is 18.0. The van der Waals surface area contributed by atoms with Crippen molar-refractivity contribution in [1.82, 2.24) is 10.2 Å². The highest BCUT2D eigenvalue weighted by molar-refractivity contribution is 9.10. The number of hydrogen-bond donors (Lipinski definition) is 1. The van der Waals surface area contributed by atoms with Crippen molar-refractivity contribution in [3.05, 3.63) is 62.0 Å². The van der Waals surface area contributed by atoms with Crippen molar-refractivity contribution in [2.75, 3.05) is 13.7 Å². The molecule has 0 aliphatic rings. The lowest BCUT2D eigenvalue weighted by Crippen LogP contribution is -2.49. The van der Waals surface area contributed by atoms with Gasteiger partial charge in [-0.25, -0.2) is 0 Å². The minimum atomic E-state index is -0.637. The van der Waals surface area contributed by atoms with Crippen LogP contribution in [-0.4, -0.2) is 36.4 Å². The summed E-state index contributed by atoms with van der Waals surface area (Å²) in [6, 6.07) is 10.3. The van der Waals surface area contributed by atoms with Crippen LogP contribution in [0.3, 0.4) is 0 Å². The Bertz CT molecular complexity index is 937. The molecular formula is C23H27BrCl2N2O3. The molecule has 0 fully saturated rings. The summed E-state index contributed by atoms with van der Waals surface area (Å²) >= 11 is 15.6. The summed E-state index contributed by atoms with van der Waals surface area (Å²) in [7, 11) is 1.55. The van der Waals surface area contributed by atoms with E-state index in [0.29, 0.717) is 28.1 Å². The van der Waals surface area contributed by atoms with Gasteiger partial charge in [0.05, 0.1) is 14.5 Å². The van der Waals surface area contributed by atoms with E-state index in [9.17, 15) is 9.59 Å². The first-order valence-electron chi connectivity index (χ1n) is 10.0. The lowest BCUT2D eigenvalue weighted by Gasteiger charge is -2.30. The summed E-state index contributed by atoms with van der Waals surface area (Å²) in [4.78, 5) is 27.1. The summed E-state index contributed by atoms with van der Waals surface area (Å²) in [5.41, 5.74) is 1.94. The molecule has 0 aliphatic heterocycles. The molecule has 0 radical (unpaired) electrons. The molecule has 1 N–H and O–H groups in total. The molecule has 0 aromatic heterocycles. The van der Waals surface area contributed by atoms with E-state index in [1.807, 2.05) is 25.1 Å². The Hall–Kier alpha value is -1.76. The highest BCUT2D eigenvalue weighted by atomic mass is 79.9. The standard InChI is InChI=1S/C23H27BrCl2N2O3/c1-5-20(23(30)27-4)28(12-15-6-8-18(25)19(26)10-15)22(29)13-31-21-9-7-16(14(2)3)11-17(21)24/h6-11,14,20H,5,12-13H2,1-4H3,(H,27,30)/t20-/m1/s1. The Kier molecular flexibility index (Phi) is 9.66. The summed E-state index contributed by atoms with van der Waals surface area (Å²) in [5.74, 6) is 0.409. The molecule has 1 atom stereocenters. The maximum atomic E-state index is 13.1. The van der Waals surface area contributed by atoms with Gasteiger partial charge >= 0.3 is 0 Å². The molecule has 0 unspecified atom stereocenters. The molecule has 8 heteroatoms. The molecule has 2 aromatic rings. The number of ether oxygens (including phenoxy) is 1. The summed E-state index contributed by atoms with van der Waals surface area (Å²) in [6.45, 7) is 6.08. The van der Waals surface area contributed by atoms with Crippen LogP contribution in [0.15, 0.2) is 40.9 Å². The van der Waals surface area contributed by atoms with Crippen LogP contribution >= 0.6 is 39.1 Å². The lowest BCUT2D eigenvalue weighted by molar-refractivity contribution is -0.142. The highest BCUT2D eigenvalue weighted by Gasteiger charge is 2.28. The van der Waals surface area contributed by atoms with Gasteiger partial charge in [-0.15, -0.1) is 0 Å². The quantitative estimate of drug-likeness (QED) is 0.445. The number of likely N-dealkylation sites (N-methyl/N-ethyl adjacent to an activating group) is 1. The fraction of sp³-hybridized carbons (Fsp3) is 0.391. The zero-order chi connectivity index (χ0) is 23.1. The lowest BCUT2D eigenvalue weighted by atomic mass is 10.0. The highest BCUT2D eigenvalue weighted by Crippen LogP contribution is 2.29. The maximum Gasteiger partial charge on any atom is 0.261 e. The second-order valence-corrected chi connectivity index (χ2v) is 9.11. The van der Waals surface area contributed by atoms with Crippen LogP contribution in [0.2, 0.25) is 10.0 Å². The first-order valence-corrected chi connectivity index (χ1v) is 11.6. The number of hydrogen-bond acceptors (Lipinski definition) is 3. The fourth-order valence-electron chi connectivity index (χ4n) is 3.14. The van der Waals surface area contributed by atoms with Crippen LogP contribution in [0, 0.1) is 0 Å². The van der Waals surface area contributed by atoms with Gasteiger partial charge < -0.3 is 15.0 Å². The van der Waals surface area contributed by atoms with Gasteiger partial charge in [0.2, 0.25) is 5.91 Å². The largest absolute Gasteiger partial charge is 0.483 e. The maximum absolute atomic E-state index is 13.1. The van der Waals surface area contributed by atoms with Crippen LogP contribution in [0.4, 0.5) is 0 Å². The van der Waals surface area contributed by atoms with Crippen molar-refractivity contribution in [2.45, 2.75) is 45.7 Å². The van der Waals surface area contributed by atoms with E-state index in [1.54, 1.807) is 25.2 Å². The summed E-state index contributed by atoms with van der Waals surface area (Å²) in [6.07, 6.45) is 0.458. The monoisotopic (exact) mass is 528 g/mol. The smallest absolute Gasteiger partial charge is 0.261 e. The number of carbonyl (C=O) groups is 2. The van der Waals surface area contributed by atoms with Crippen LogP contribution in [0.1, 0.15) is 44.2 Å². The van der Waals surface area contributed by atoms with Crippen molar-refractivity contribution in [3.8, 4) is 5.75 Å². The first kappa shape index (κ1) is 25.5. The Labute approximate surface area is 202 Å². The van der Waals surface area contributed by atoms with Crippen LogP contribution in [0.5, 0.6) is 5.75 Å². The molecule has 168 valence electrons. The topological polar surface area (TPSA) is 58.6 Å². The number of benzene rings is 2. The minimum Gasteiger partial charge on any atom is -0.483 e. The molecule has 2 aromatic carbocycles. The molecule has 0 aliphatic carbocycles. The number of nitrogens with one attached hydrogen (secondary N) is 1. The zero-order valence-corrected chi connectivity index (χ0v) is 21.1. The Morgan fingerprint density at radius 3 is 2.39 bits per heavy atom. The van der Waals surface area contributed by atoms with Gasteiger partial charge in [-0.3, -0.25) is 9.59 Å². The predicted octanol–water partition coefficient (Wildman–Crippen LogP) is 5.81. The van der Waals surface area contributed by atoms with E-state index in [0.717, 1.165) is 15.6 Å². The van der Waals surface area contributed by atoms with Gasteiger partial charge in [-0.2, -0.15) is 0 Å². The second kappa shape index (κ2) is 11.7. The average molecular weight is 530 g/mol. The van der Waals surface area contributed by atoms with Crippen LogP contribution < -0.4 is 10.1 Å². The normalized spacial score (nSPS) is 11.9. The van der Waals surface area contributed by atoms with Crippen molar-refractivity contribution >= 4 is 50.9 Å². The van der Waals surface area contributed by atoms with Gasteiger partial charge in [0.1, 0.15) is 11.8 Å². The molecule has 5 nitrogen and oxygen atoms in total. The van der Waals surface area contributed by atoms with Crippen molar-refractivity contribution in [3.63, 3.8) is 0 Å². The molecular weight excluding hydrogens is 503 g/mol. The van der Waals surface area contributed by atoms with Crippen molar-refractivity contribution in [1.29, 1.82) is 0 Å². The molecule has 2 rings (SSSR count). The third kappa shape index (κ3) is 6.86. The molecule has 0 bridgehead atoms. The molecule has 31 heavy (non-hydrogen) atoms. The number of nitrogens with zero attached hydrogens (tertiary/aromatic N) is 1.